The molecule has 3 N–H and O–H groups in total. The standard InChI is InChI=1S/C20H16F4N4O2/c21-12-6-4-11(5-7-12)16-9-17(20(22,23)24)28-18(27-16)15(10-25-28)19(30)26-13-2-1-3-14(29)8-13/h1-8,10,16-17,27,29H,9H2,(H,26,30)/t16-,17+/m0/s1. The maximum Gasteiger partial charge on any atom is 0.410 e. The van der Waals surface area contributed by atoms with E-state index in [4.69, 9.17) is 0 Å². The van der Waals surface area contributed by atoms with Crippen molar-refractivity contribution in [2.24, 2.45) is 0 Å². The summed E-state index contributed by atoms with van der Waals surface area (Å²) in [6, 6.07) is 8.16. The lowest BCUT2D eigenvalue weighted by Crippen LogP contribution is -2.36. The Bertz CT molecular complexity index is 1080. The number of halogens is 4. The van der Waals surface area contributed by atoms with Crippen LogP contribution < -0.4 is 10.6 Å². The molecule has 1 aliphatic heterocycles. The summed E-state index contributed by atoms with van der Waals surface area (Å²) >= 11 is 0. The summed E-state index contributed by atoms with van der Waals surface area (Å²) in [6.45, 7) is 0. The van der Waals surface area contributed by atoms with Crippen molar-refractivity contribution >= 4 is 17.4 Å². The Morgan fingerprint density at radius 2 is 1.93 bits per heavy atom. The lowest BCUT2D eigenvalue weighted by atomic mass is 9.96. The molecule has 1 aliphatic rings. The fourth-order valence-corrected chi connectivity index (χ4v) is 3.42. The van der Waals surface area contributed by atoms with E-state index >= 15 is 0 Å². The average molecular weight is 420 g/mol. The number of aromatic nitrogens is 2. The third-order valence-corrected chi connectivity index (χ3v) is 4.86. The van der Waals surface area contributed by atoms with Gasteiger partial charge >= 0.3 is 6.18 Å². The number of carbonyl (C=O) groups is 1. The van der Waals surface area contributed by atoms with E-state index < -0.39 is 30.0 Å². The maximum atomic E-state index is 13.7. The van der Waals surface area contributed by atoms with Crippen LogP contribution in [0.15, 0.2) is 54.7 Å². The van der Waals surface area contributed by atoms with Gasteiger partial charge in [0.1, 0.15) is 22.9 Å². The lowest BCUT2D eigenvalue weighted by molar-refractivity contribution is -0.173. The number of anilines is 2. The van der Waals surface area contributed by atoms with Crippen molar-refractivity contribution < 1.29 is 27.5 Å². The summed E-state index contributed by atoms with van der Waals surface area (Å²) in [5.41, 5.74) is 0.648. The van der Waals surface area contributed by atoms with Gasteiger partial charge < -0.3 is 15.7 Å². The lowest BCUT2D eigenvalue weighted by Gasteiger charge is -2.34. The maximum absolute atomic E-state index is 13.7. The molecule has 0 saturated carbocycles. The molecule has 30 heavy (non-hydrogen) atoms. The van der Waals surface area contributed by atoms with Gasteiger partial charge in [-0.3, -0.25) is 4.79 Å². The van der Waals surface area contributed by atoms with Crippen LogP contribution in [0.5, 0.6) is 5.75 Å². The van der Waals surface area contributed by atoms with Crippen LogP contribution in [-0.2, 0) is 0 Å². The fraction of sp³-hybridized carbons (Fsp3) is 0.200. The molecule has 1 aromatic heterocycles. The molecule has 2 heterocycles. The number of aromatic hydroxyl groups is 1. The van der Waals surface area contributed by atoms with Crippen molar-refractivity contribution in [3.8, 4) is 5.75 Å². The van der Waals surface area contributed by atoms with Gasteiger partial charge in [0.25, 0.3) is 5.91 Å². The van der Waals surface area contributed by atoms with E-state index in [1.807, 2.05) is 0 Å². The molecule has 0 bridgehead atoms. The summed E-state index contributed by atoms with van der Waals surface area (Å²) in [4.78, 5) is 12.7. The van der Waals surface area contributed by atoms with Gasteiger partial charge in [0.05, 0.1) is 12.2 Å². The number of amides is 1. The first-order valence-corrected chi connectivity index (χ1v) is 8.99. The van der Waals surface area contributed by atoms with Crippen LogP contribution in [0, 0.1) is 5.82 Å². The Morgan fingerprint density at radius 1 is 1.20 bits per heavy atom. The number of phenols is 1. The van der Waals surface area contributed by atoms with Crippen molar-refractivity contribution in [2.75, 3.05) is 10.6 Å². The molecule has 0 fully saturated rings. The van der Waals surface area contributed by atoms with Crippen LogP contribution in [0.25, 0.3) is 0 Å². The van der Waals surface area contributed by atoms with Gasteiger partial charge in [0.2, 0.25) is 0 Å². The molecule has 1 amide bonds. The smallest absolute Gasteiger partial charge is 0.410 e. The van der Waals surface area contributed by atoms with Crippen LogP contribution in [0.1, 0.15) is 34.4 Å². The molecule has 6 nitrogen and oxygen atoms in total. The zero-order valence-electron chi connectivity index (χ0n) is 15.3. The van der Waals surface area contributed by atoms with Crippen molar-refractivity contribution in [1.82, 2.24) is 9.78 Å². The highest BCUT2D eigenvalue weighted by Crippen LogP contribution is 2.44. The number of nitrogens with one attached hydrogen (secondary N) is 2. The molecule has 2 atom stereocenters. The zero-order valence-corrected chi connectivity index (χ0v) is 15.3. The normalized spacial score (nSPS) is 18.4. The van der Waals surface area contributed by atoms with Gasteiger partial charge in [-0.1, -0.05) is 18.2 Å². The van der Waals surface area contributed by atoms with Gasteiger partial charge in [-0.15, -0.1) is 0 Å². The monoisotopic (exact) mass is 420 g/mol. The second kappa shape index (κ2) is 7.36. The molecule has 0 spiro atoms. The minimum Gasteiger partial charge on any atom is -0.508 e. The third kappa shape index (κ3) is 3.80. The van der Waals surface area contributed by atoms with Crippen LogP contribution in [-0.4, -0.2) is 27.0 Å². The van der Waals surface area contributed by atoms with Crippen LogP contribution in [0.2, 0.25) is 0 Å². The first-order valence-electron chi connectivity index (χ1n) is 8.99. The molecule has 3 aromatic rings. The number of phenolic OH excluding ortho intramolecular Hbond substituents is 1. The third-order valence-electron chi connectivity index (χ3n) is 4.86. The molecule has 10 heteroatoms. The SMILES string of the molecule is O=C(Nc1cccc(O)c1)c1cnn2c1N[C@H](c1ccc(F)cc1)C[C@@H]2C(F)(F)F. The van der Waals surface area contributed by atoms with E-state index in [0.717, 1.165) is 10.9 Å². The van der Waals surface area contributed by atoms with Crippen LogP contribution in [0.4, 0.5) is 29.1 Å². The summed E-state index contributed by atoms with van der Waals surface area (Å²) in [6.07, 6.45) is -3.90. The van der Waals surface area contributed by atoms with Gasteiger partial charge in [-0.2, -0.15) is 18.3 Å². The average Bonchev–Trinajstić information content (AvgIpc) is 3.11. The molecule has 0 aliphatic carbocycles. The topological polar surface area (TPSA) is 79.2 Å². The Hall–Kier alpha value is -3.56. The van der Waals surface area contributed by atoms with E-state index in [0.29, 0.717) is 5.56 Å². The molecule has 2 aromatic carbocycles. The Morgan fingerprint density at radius 3 is 2.60 bits per heavy atom. The van der Waals surface area contributed by atoms with Gasteiger partial charge in [-0.25, -0.2) is 9.07 Å². The number of rotatable bonds is 3. The number of nitrogens with zero attached hydrogens (tertiary/aromatic N) is 2. The van der Waals surface area contributed by atoms with Crippen molar-refractivity contribution in [3.05, 3.63) is 71.7 Å². The molecule has 0 unspecified atom stereocenters. The summed E-state index contributed by atoms with van der Waals surface area (Å²) in [5, 5.41) is 18.8. The molecular formula is C20H16F4N4O2. The Labute approximate surface area is 168 Å². The number of carbonyl (C=O) groups excluding carboxylic acids is 1. The van der Waals surface area contributed by atoms with E-state index in [-0.39, 0.29) is 29.2 Å². The molecular weight excluding hydrogens is 404 g/mol. The van der Waals surface area contributed by atoms with E-state index in [2.05, 4.69) is 15.7 Å². The predicted octanol–water partition coefficient (Wildman–Crippen LogP) is 4.64. The van der Waals surface area contributed by atoms with Crippen LogP contribution in [0.3, 0.4) is 0 Å². The second-order valence-electron chi connectivity index (χ2n) is 6.90. The van der Waals surface area contributed by atoms with Gasteiger partial charge in [0, 0.05) is 18.2 Å². The molecule has 0 radical (unpaired) electrons. The van der Waals surface area contributed by atoms with E-state index in [1.165, 1.54) is 48.5 Å². The zero-order chi connectivity index (χ0) is 21.5. The van der Waals surface area contributed by atoms with Crippen LogP contribution >= 0.6 is 0 Å². The van der Waals surface area contributed by atoms with Gasteiger partial charge in [0.15, 0.2) is 6.04 Å². The molecule has 0 saturated heterocycles. The highest BCUT2D eigenvalue weighted by atomic mass is 19.4. The first-order chi connectivity index (χ1) is 14.2. The second-order valence-corrected chi connectivity index (χ2v) is 6.90. The van der Waals surface area contributed by atoms with E-state index in [9.17, 15) is 27.5 Å². The van der Waals surface area contributed by atoms with Crippen molar-refractivity contribution in [1.29, 1.82) is 0 Å². The number of benzene rings is 2. The fourth-order valence-electron chi connectivity index (χ4n) is 3.42. The molecule has 156 valence electrons. The van der Waals surface area contributed by atoms with Crippen molar-refractivity contribution in [2.45, 2.75) is 24.7 Å². The number of fused-ring (bicyclic) bond motifs is 1. The Kier molecular flexibility index (Phi) is 4.84. The first kappa shape index (κ1) is 19.7. The summed E-state index contributed by atoms with van der Waals surface area (Å²) in [5.74, 6) is -1.35. The minimum absolute atomic E-state index is 0.0727. The molecule has 4 rings (SSSR count). The quantitative estimate of drug-likeness (QED) is 0.540. The number of hydrogen-bond donors (Lipinski definition) is 3. The predicted molar refractivity (Wildman–Crippen MR) is 101 cm³/mol. The Balaban J connectivity index is 1.69. The summed E-state index contributed by atoms with van der Waals surface area (Å²) in [7, 11) is 0. The minimum atomic E-state index is -4.60. The van der Waals surface area contributed by atoms with E-state index in [1.54, 1.807) is 0 Å². The van der Waals surface area contributed by atoms with Gasteiger partial charge in [-0.05, 0) is 29.8 Å². The largest absolute Gasteiger partial charge is 0.508 e. The highest BCUT2D eigenvalue weighted by Gasteiger charge is 2.47. The summed E-state index contributed by atoms with van der Waals surface area (Å²) < 4.78 is 55.1. The number of hydrogen-bond acceptors (Lipinski definition) is 4. The van der Waals surface area contributed by atoms with Crippen molar-refractivity contribution in [3.63, 3.8) is 0 Å². The number of alkyl halides is 3. The highest BCUT2D eigenvalue weighted by molar-refractivity contribution is 6.07.